The molecule has 0 aliphatic carbocycles. The summed E-state index contributed by atoms with van der Waals surface area (Å²) in [6, 6.07) is 27.1. The zero-order chi connectivity index (χ0) is 20.9. The molecule has 0 spiro atoms. The predicted molar refractivity (Wildman–Crippen MR) is 118 cm³/mol. The summed E-state index contributed by atoms with van der Waals surface area (Å²) in [7, 11) is 0. The molecule has 4 nitrogen and oxygen atoms in total. The maximum atomic E-state index is 11.1. The number of rotatable bonds is 7. The van der Waals surface area contributed by atoms with Crippen molar-refractivity contribution < 1.29 is 14.6 Å². The molecule has 0 fully saturated rings. The van der Waals surface area contributed by atoms with Gasteiger partial charge in [-0.3, -0.25) is 4.79 Å². The molecule has 0 atom stereocenters. The fourth-order valence-electron chi connectivity index (χ4n) is 3.39. The number of fused-ring (bicyclic) bond motifs is 1. The Kier molecular flexibility index (Phi) is 5.57. The van der Waals surface area contributed by atoms with Crippen molar-refractivity contribution in [2.24, 2.45) is 0 Å². The second-order valence-corrected chi connectivity index (χ2v) is 7.01. The number of carboxylic acid groups (broad SMARTS) is 1. The van der Waals surface area contributed by atoms with E-state index >= 15 is 0 Å². The predicted octanol–water partition coefficient (Wildman–Crippen LogP) is 5.50. The quantitative estimate of drug-likeness (QED) is 0.449. The van der Waals surface area contributed by atoms with Crippen LogP contribution < -0.4 is 4.74 Å². The molecular weight excluding hydrogens is 374 g/mol. The minimum atomic E-state index is -0.860. The zero-order valence-corrected chi connectivity index (χ0v) is 16.4. The van der Waals surface area contributed by atoms with Gasteiger partial charge in [0.25, 0.3) is 0 Å². The van der Waals surface area contributed by atoms with Crippen molar-refractivity contribution in [3.8, 4) is 5.75 Å². The van der Waals surface area contributed by atoms with Crippen LogP contribution in [0.5, 0.6) is 5.75 Å². The van der Waals surface area contributed by atoms with Crippen molar-refractivity contribution in [2.45, 2.75) is 13.0 Å². The highest BCUT2D eigenvalue weighted by Crippen LogP contribution is 2.27. The Morgan fingerprint density at radius 2 is 1.63 bits per heavy atom. The normalized spacial score (nSPS) is 10.7. The third-order valence-electron chi connectivity index (χ3n) is 4.93. The maximum Gasteiger partial charge on any atom is 0.307 e. The number of carbonyl (C=O) groups is 1. The van der Waals surface area contributed by atoms with Crippen molar-refractivity contribution in [2.75, 3.05) is 0 Å². The number of ether oxygens (including phenoxy) is 1. The van der Waals surface area contributed by atoms with Crippen LogP contribution in [0.4, 0.5) is 0 Å². The lowest BCUT2D eigenvalue weighted by molar-refractivity contribution is -0.136. The number of hydrogen-bond donors (Lipinski definition) is 1. The third-order valence-corrected chi connectivity index (χ3v) is 4.93. The van der Waals surface area contributed by atoms with E-state index in [0.29, 0.717) is 6.61 Å². The Morgan fingerprint density at radius 3 is 2.43 bits per heavy atom. The Bertz CT molecular complexity index is 1210. The summed E-state index contributed by atoms with van der Waals surface area (Å²) in [5.74, 6) is -0.123. The average molecular weight is 395 g/mol. The monoisotopic (exact) mass is 395 g/mol. The van der Waals surface area contributed by atoms with Gasteiger partial charge in [0.05, 0.1) is 17.6 Å². The smallest absolute Gasteiger partial charge is 0.307 e. The summed E-state index contributed by atoms with van der Waals surface area (Å²) in [4.78, 5) is 15.8. The molecule has 4 rings (SSSR count). The van der Waals surface area contributed by atoms with Crippen LogP contribution in [0.25, 0.3) is 16.5 Å². The largest absolute Gasteiger partial charge is 0.487 e. The molecule has 0 amide bonds. The van der Waals surface area contributed by atoms with Crippen molar-refractivity contribution in [3.63, 3.8) is 0 Å². The van der Waals surface area contributed by atoms with E-state index < -0.39 is 5.97 Å². The molecule has 0 aliphatic heterocycles. The molecular formula is C26H21NO3. The summed E-state index contributed by atoms with van der Waals surface area (Å²) in [5.41, 5.74) is 5.11. The number of pyridine rings is 1. The molecule has 0 saturated heterocycles. The molecule has 0 bridgehead atoms. The molecule has 0 unspecified atom stereocenters. The SMILES string of the molecule is C=C(c1ccc(OCc2ccc3ccccc3n2)cc1)c1ccccc1CC(=O)O. The highest BCUT2D eigenvalue weighted by atomic mass is 16.5. The van der Waals surface area contributed by atoms with Crippen LogP contribution in [0, 0.1) is 0 Å². The molecule has 30 heavy (non-hydrogen) atoms. The van der Waals surface area contributed by atoms with E-state index in [4.69, 9.17) is 9.84 Å². The summed E-state index contributed by atoms with van der Waals surface area (Å²) in [5, 5.41) is 10.2. The van der Waals surface area contributed by atoms with E-state index in [1.165, 1.54) is 0 Å². The number of carboxylic acids is 1. The number of aliphatic carboxylic acids is 1. The minimum Gasteiger partial charge on any atom is -0.487 e. The van der Waals surface area contributed by atoms with Gasteiger partial charge in [-0.15, -0.1) is 0 Å². The van der Waals surface area contributed by atoms with Crippen molar-refractivity contribution >= 4 is 22.4 Å². The van der Waals surface area contributed by atoms with Crippen LogP contribution in [-0.2, 0) is 17.8 Å². The highest BCUT2D eigenvalue weighted by molar-refractivity contribution is 5.82. The maximum absolute atomic E-state index is 11.1. The first-order valence-electron chi connectivity index (χ1n) is 9.67. The summed E-state index contributed by atoms with van der Waals surface area (Å²) in [6.45, 7) is 4.55. The van der Waals surface area contributed by atoms with Gasteiger partial charge in [-0.1, -0.05) is 67.2 Å². The molecule has 0 saturated carbocycles. The Balaban J connectivity index is 1.46. The van der Waals surface area contributed by atoms with Gasteiger partial charge in [-0.2, -0.15) is 0 Å². The van der Waals surface area contributed by atoms with Crippen molar-refractivity contribution in [3.05, 3.63) is 114 Å². The van der Waals surface area contributed by atoms with E-state index in [1.54, 1.807) is 0 Å². The van der Waals surface area contributed by atoms with Gasteiger partial charge in [-0.25, -0.2) is 4.98 Å². The summed E-state index contributed by atoms with van der Waals surface area (Å²) < 4.78 is 5.89. The number of nitrogens with zero attached hydrogens (tertiary/aromatic N) is 1. The van der Waals surface area contributed by atoms with Gasteiger partial charge in [-0.05, 0) is 46.5 Å². The number of aromatic nitrogens is 1. The zero-order valence-electron chi connectivity index (χ0n) is 16.4. The van der Waals surface area contributed by atoms with Crippen LogP contribution >= 0.6 is 0 Å². The van der Waals surface area contributed by atoms with E-state index in [0.717, 1.165) is 44.6 Å². The first kappa shape index (κ1) is 19.4. The Hall–Kier alpha value is -3.92. The van der Waals surface area contributed by atoms with Gasteiger partial charge < -0.3 is 9.84 Å². The molecule has 1 N–H and O–H groups in total. The molecule has 1 aromatic heterocycles. The topological polar surface area (TPSA) is 59.4 Å². The first-order chi connectivity index (χ1) is 14.6. The van der Waals surface area contributed by atoms with Gasteiger partial charge in [0.1, 0.15) is 12.4 Å². The lowest BCUT2D eigenvalue weighted by Crippen LogP contribution is -2.03. The number of hydrogen-bond acceptors (Lipinski definition) is 3. The molecule has 4 aromatic rings. The van der Waals surface area contributed by atoms with E-state index in [2.05, 4.69) is 11.6 Å². The van der Waals surface area contributed by atoms with E-state index in [9.17, 15) is 4.79 Å². The van der Waals surface area contributed by atoms with E-state index in [-0.39, 0.29) is 6.42 Å². The van der Waals surface area contributed by atoms with Gasteiger partial charge in [0.2, 0.25) is 0 Å². The van der Waals surface area contributed by atoms with Gasteiger partial charge >= 0.3 is 5.97 Å². The lowest BCUT2D eigenvalue weighted by atomic mass is 9.94. The minimum absolute atomic E-state index is 0.0326. The highest BCUT2D eigenvalue weighted by Gasteiger charge is 2.11. The fourth-order valence-corrected chi connectivity index (χ4v) is 3.39. The number of benzene rings is 3. The molecule has 0 aliphatic rings. The summed E-state index contributed by atoms with van der Waals surface area (Å²) in [6.07, 6.45) is -0.0326. The molecule has 0 radical (unpaired) electrons. The van der Waals surface area contributed by atoms with Crippen LogP contribution in [0.1, 0.15) is 22.4 Å². The lowest BCUT2D eigenvalue weighted by Gasteiger charge is -2.12. The average Bonchev–Trinajstić information content (AvgIpc) is 2.77. The van der Waals surface area contributed by atoms with Crippen LogP contribution in [0.2, 0.25) is 0 Å². The molecule has 1 heterocycles. The second-order valence-electron chi connectivity index (χ2n) is 7.01. The Morgan fingerprint density at radius 1 is 0.900 bits per heavy atom. The van der Waals surface area contributed by atoms with Crippen LogP contribution in [0.3, 0.4) is 0 Å². The van der Waals surface area contributed by atoms with Crippen LogP contribution in [-0.4, -0.2) is 16.1 Å². The summed E-state index contributed by atoms with van der Waals surface area (Å²) >= 11 is 0. The van der Waals surface area contributed by atoms with Gasteiger partial charge in [0, 0.05) is 5.39 Å². The Labute approximate surface area is 175 Å². The third kappa shape index (κ3) is 4.39. The molecule has 4 heteroatoms. The second kappa shape index (κ2) is 8.62. The fraction of sp³-hybridized carbons (Fsp3) is 0.0769. The number of para-hydroxylation sites is 1. The van der Waals surface area contributed by atoms with E-state index in [1.807, 2.05) is 84.9 Å². The molecule has 3 aromatic carbocycles. The van der Waals surface area contributed by atoms with Crippen molar-refractivity contribution in [1.82, 2.24) is 4.98 Å². The first-order valence-corrected chi connectivity index (χ1v) is 9.67. The standard InChI is InChI=1S/C26H21NO3/c1-18(24-8-4-2-7-21(24)16-26(28)29)19-11-14-23(15-12-19)30-17-22-13-10-20-6-3-5-9-25(20)27-22/h2-15H,1,16-17H2,(H,28,29). The van der Waals surface area contributed by atoms with Gasteiger partial charge in [0.15, 0.2) is 0 Å². The van der Waals surface area contributed by atoms with Crippen molar-refractivity contribution in [1.29, 1.82) is 0 Å². The molecule has 148 valence electrons. The van der Waals surface area contributed by atoms with Crippen LogP contribution in [0.15, 0.2) is 91.5 Å².